The van der Waals surface area contributed by atoms with Gasteiger partial charge in [-0.1, -0.05) is 34.7 Å². The van der Waals surface area contributed by atoms with Gasteiger partial charge in [0, 0.05) is 3.58 Å². The van der Waals surface area contributed by atoms with Crippen LogP contribution in [0, 0.1) is 5.92 Å². The first-order valence-electron chi connectivity index (χ1n) is 3.65. The molecule has 0 radical (unpaired) electrons. The number of allylic oxidation sites excluding steroid dienone is 2. The van der Waals surface area contributed by atoms with Gasteiger partial charge in [0.15, 0.2) is 0 Å². The van der Waals surface area contributed by atoms with Crippen LogP contribution in [0.4, 0.5) is 0 Å². The molecule has 2 atom stereocenters. The van der Waals surface area contributed by atoms with Crippen LogP contribution in [-0.2, 0) is 9.59 Å². The quantitative estimate of drug-likeness (QED) is 0.379. The predicted molar refractivity (Wildman–Crippen MR) is 64.6 cm³/mol. The second-order valence-electron chi connectivity index (χ2n) is 2.95. The maximum atomic E-state index is 11.5. The van der Waals surface area contributed by atoms with Gasteiger partial charge in [-0.05, 0) is 28.7 Å². The van der Waals surface area contributed by atoms with E-state index in [0.717, 1.165) is 3.58 Å². The lowest BCUT2D eigenvalue weighted by molar-refractivity contribution is -0.125. The van der Waals surface area contributed by atoms with Crippen molar-refractivity contribution >= 4 is 57.0 Å². The summed E-state index contributed by atoms with van der Waals surface area (Å²) in [6.07, 6.45) is 5.48. The molecule has 0 aromatic heterocycles. The van der Waals surface area contributed by atoms with E-state index < -0.39 is 3.42 Å². The molecule has 1 aliphatic carbocycles. The van der Waals surface area contributed by atoms with Crippen LogP contribution in [0.3, 0.4) is 0 Å². The van der Waals surface area contributed by atoms with Crippen molar-refractivity contribution in [1.29, 1.82) is 0 Å². The maximum Gasteiger partial charge on any atom is 0.247 e. The number of halogens is 2. The van der Waals surface area contributed by atoms with Crippen molar-refractivity contribution in [1.82, 2.24) is 5.32 Å². The Labute approximate surface area is 102 Å². The molecule has 5 heteroatoms. The van der Waals surface area contributed by atoms with Gasteiger partial charge in [-0.25, -0.2) is 0 Å². The summed E-state index contributed by atoms with van der Waals surface area (Å²) in [7, 11) is 0. The Morgan fingerprint density at radius 2 is 2.15 bits per heavy atom. The summed E-state index contributed by atoms with van der Waals surface area (Å²) < 4.78 is 0.299. The second kappa shape index (κ2) is 3.04. The fourth-order valence-electron chi connectivity index (χ4n) is 1.44. The number of nitrogens with one attached hydrogen (secondary N) is 1. The smallest absolute Gasteiger partial charge is 0.247 e. The van der Waals surface area contributed by atoms with Gasteiger partial charge in [0.1, 0.15) is 3.42 Å². The number of hydrogen-bond acceptors (Lipinski definition) is 2. The monoisotopic (exact) mass is 401 g/mol. The summed E-state index contributed by atoms with van der Waals surface area (Å²) in [5, 5.41) is 2.34. The lowest BCUT2D eigenvalue weighted by atomic mass is 9.91. The van der Waals surface area contributed by atoms with Gasteiger partial charge in [-0.3, -0.25) is 14.9 Å². The molecule has 2 aliphatic rings. The maximum absolute atomic E-state index is 11.5. The standard InChI is InChI=1S/C8H5I2NO2/c9-4-1-2-5-6(12)11-7(13)8(5,10)3-4/h1-3,5H,(H,11,12,13). The number of amides is 2. The zero-order valence-corrected chi connectivity index (χ0v) is 10.7. The Hall–Kier alpha value is 0.0800. The number of carbonyl (C=O) groups excluding carboxylic acids is 2. The van der Waals surface area contributed by atoms with Gasteiger partial charge in [0.25, 0.3) is 0 Å². The second-order valence-corrected chi connectivity index (χ2v) is 5.98. The van der Waals surface area contributed by atoms with E-state index in [1.165, 1.54) is 0 Å². The molecule has 0 spiro atoms. The van der Waals surface area contributed by atoms with Crippen LogP contribution in [0.15, 0.2) is 21.8 Å². The van der Waals surface area contributed by atoms with E-state index in [2.05, 4.69) is 27.9 Å². The molecule has 2 unspecified atom stereocenters. The highest BCUT2D eigenvalue weighted by Crippen LogP contribution is 2.41. The molecule has 1 saturated heterocycles. The van der Waals surface area contributed by atoms with Crippen LogP contribution < -0.4 is 5.32 Å². The molecular weight excluding hydrogens is 396 g/mol. The minimum atomic E-state index is -0.694. The predicted octanol–water partition coefficient (Wildman–Crippen LogP) is 1.32. The zero-order chi connectivity index (χ0) is 9.64. The SMILES string of the molecule is O=C1NC(=O)C2(I)C=C(I)C=CC12. The largest absolute Gasteiger partial charge is 0.294 e. The van der Waals surface area contributed by atoms with E-state index in [1.807, 2.05) is 34.7 Å². The van der Waals surface area contributed by atoms with Gasteiger partial charge in [0.2, 0.25) is 11.8 Å². The number of carbonyl (C=O) groups is 2. The molecule has 13 heavy (non-hydrogen) atoms. The first kappa shape index (κ1) is 9.63. The fraction of sp³-hybridized carbons (Fsp3) is 0.250. The summed E-state index contributed by atoms with van der Waals surface area (Å²) in [6.45, 7) is 0. The minimum absolute atomic E-state index is 0.198. The van der Waals surface area contributed by atoms with Crippen molar-refractivity contribution < 1.29 is 9.59 Å². The average Bonchev–Trinajstić information content (AvgIpc) is 2.23. The lowest BCUT2D eigenvalue weighted by Gasteiger charge is -2.21. The minimum Gasteiger partial charge on any atom is -0.294 e. The molecule has 1 fully saturated rings. The summed E-state index contributed by atoms with van der Waals surface area (Å²) in [6, 6.07) is 0. The molecule has 2 amide bonds. The summed E-state index contributed by atoms with van der Waals surface area (Å²) >= 11 is 4.17. The van der Waals surface area contributed by atoms with Crippen LogP contribution in [0.2, 0.25) is 0 Å². The van der Waals surface area contributed by atoms with Gasteiger partial charge in [-0.15, -0.1) is 0 Å². The Balaban J connectivity index is 2.51. The third-order valence-corrected chi connectivity index (χ3v) is 4.26. The first-order valence-corrected chi connectivity index (χ1v) is 5.80. The zero-order valence-electron chi connectivity index (χ0n) is 6.38. The van der Waals surface area contributed by atoms with Crippen LogP contribution in [-0.4, -0.2) is 15.2 Å². The Morgan fingerprint density at radius 3 is 2.85 bits per heavy atom. The van der Waals surface area contributed by atoms with Gasteiger partial charge in [-0.2, -0.15) is 0 Å². The van der Waals surface area contributed by atoms with Crippen molar-refractivity contribution in [2.24, 2.45) is 5.92 Å². The molecule has 0 aromatic rings. The Bertz CT molecular complexity index is 361. The van der Waals surface area contributed by atoms with Crippen LogP contribution in [0.5, 0.6) is 0 Å². The average molecular weight is 401 g/mol. The van der Waals surface area contributed by atoms with Crippen molar-refractivity contribution in [3.05, 3.63) is 21.8 Å². The van der Waals surface area contributed by atoms with E-state index in [-0.39, 0.29) is 17.7 Å². The highest BCUT2D eigenvalue weighted by Gasteiger charge is 2.52. The molecule has 1 heterocycles. The van der Waals surface area contributed by atoms with Crippen LogP contribution >= 0.6 is 45.2 Å². The highest BCUT2D eigenvalue weighted by molar-refractivity contribution is 14.1. The number of rotatable bonds is 0. The van der Waals surface area contributed by atoms with Crippen LogP contribution in [0.1, 0.15) is 0 Å². The first-order chi connectivity index (χ1) is 6.04. The molecule has 1 aliphatic heterocycles. The van der Waals surface area contributed by atoms with Crippen molar-refractivity contribution in [3.8, 4) is 0 Å². The lowest BCUT2D eigenvalue weighted by Crippen LogP contribution is -2.34. The normalized spacial score (nSPS) is 37.1. The molecular formula is C8H5I2NO2. The molecule has 68 valence electrons. The number of imide groups is 1. The van der Waals surface area contributed by atoms with E-state index in [4.69, 9.17) is 0 Å². The molecule has 1 N–H and O–H groups in total. The topological polar surface area (TPSA) is 46.2 Å². The molecule has 3 nitrogen and oxygen atoms in total. The van der Waals surface area contributed by atoms with E-state index in [9.17, 15) is 9.59 Å². The number of alkyl halides is 1. The highest BCUT2D eigenvalue weighted by atomic mass is 127. The third kappa shape index (κ3) is 1.36. The number of fused-ring (bicyclic) bond motifs is 1. The molecule has 2 rings (SSSR count). The molecule has 0 saturated carbocycles. The number of hydrogen-bond donors (Lipinski definition) is 1. The Morgan fingerprint density at radius 1 is 1.46 bits per heavy atom. The fourth-order valence-corrected chi connectivity index (χ4v) is 3.69. The van der Waals surface area contributed by atoms with Crippen molar-refractivity contribution in [2.75, 3.05) is 0 Å². The van der Waals surface area contributed by atoms with E-state index >= 15 is 0 Å². The van der Waals surface area contributed by atoms with E-state index in [0.29, 0.717) is 0 Å². The van der Waals surface area contributed by atoms with Crippen molar-refractivity contribution in [2.45, 2.75) is 3.42 Å². The Kier molecular flexibility index (Phi) is 2.25. The summed E-state index contributed by atoms with van der Waals surface area (Å²) in [5.41, 5.74) is 0. The summed E-state index contributed by atoms with van der Waals surface area (Å²) in [5.74, 6) is -0.739. The van der Waals surface area contributed by atoms with Gasteiger partial charge >= 0.3 is 0 Å². The van der Waals surface area contributed by atoms with E-state index in [1.54, 1.807) is 6.08 Å². The molecule has 0 aromatic carbocycles. The van der Waals surface area contributed by atoms with Gasteiger partial charge in [0.05, 0.1) is 5.92 Å². The van der Waals surface area contributed by atoms with Crippen molar-refractivity contribution in [3.63, 3.8) is 0 Å². The summed E-state index contributed by atoms with van der Waals surface area (Å²) in [4.78, 5) is 22.8. The van der Waals surface area contributed by atoms with Crippen LogP contribution in [0.25, 0.3) is 0 Å². The third-order valence-electron chi connectivity index (χ3n) is 2.12. The van der Waals surface area contributed by atoms with Gasteiger partial charge < -0.3 is 0 Å². The molecule has 0 bridgehead atoms.